The molecule has 1 spiro atoms. The minimum absolute atomic E-state index is 0.557. The van der Waals surface area contributed by atoms with Crippen LogP contribution in [-0.2, 0) is 10.8 Å². The average molecular weight is 891 g/mol. The Bertz CT molecular complexity index is 3700. The van der Waals surface area contributed by atoms with E-state index in [1.165, 1.54) is 83.7 Å². The lowest BCUT2D eigenvalue weighted by Gasteiger charge is -2.45. The summed E-state index contributed by atoms with van der Waals surface area (Å²) in [6.07, 6.45) is 0. The van der Waals surface area contributed by atoms with Gasteiger partial charge in [-0.25, -0.2) is 0 Å². The van der Waals surface area contributed by atoms with Crippen molar-refractivity contribution in [3.05, 3.63) is 324 Å². The molecular weight excluding hydrogens is 845 g/mol. The molecule has 0 atom stereocenters. The zero-order chi connectivity index (χ0) is 46.2. The van der Waals surface area contributed by atoms with E-state index in [1.807, 2.05) is 0 Å². The van der Waals surface area contributed by atoms with Gasteiger partial charge in [0.1, 0.15) is 0 Å². The SMILES string of the molecule is c1ccc(-c2ccccc2N(c2ccc3c(c2)C(c2ccccc2)(c2ccccc2)c2ccccc2-3)c2ccc3c(c2)C2(c4ccccc4-3)c3ccccc3N(c3ccccc3)c3ccccc32)cc1. The zero-order valence-electron chi connectivity index (χ0n) is 38.5. The first-order chi connectivity index (χ1) is 34.8. The van der Waals surface area contributed by atoms with E-state index in [0.717, 1.165) is 28.3 Å². The number of benzene rings is 11. The summed E-state index contributed by atoms with van der Waals surface area (Å²) in [4.78, 5) is 4.98. The Labute approximate surface area is 409 Å². The van der Waals surface area contributed by atoms with Crippen LogP contribution >= 0.6 is 0 Å². The summed E-state index contributed by atoms with van der Waals surface area (Å²) in [6.45, 7) is 0. The fourth-order valence-electron chi connectivity index (χ4n) is 12.6. The van der Waals surface area contributed by atoms with Gasteiger partial charge in [0, 0.05) is 22.6 Å². The van der Waals surface area contributed by atoms with Crippen LogP contribution in [0.1, 0.15) is 44.5 Å². The third-order valence-corrected chi connectivity index (χ3v) is 15.3. The first-order valence-corrected chi connectivity index (χ1v) is 24.3. The van der Waals surface area contributed by atoms with E-state index in [1.54, 1.807) is 0 Å². The Hall–Kier alpha value is -8.98. The monoisotopic (exact) mass is 890 g/mol. The van der Waals surface area contributed by atoms with Gasteiger partial charge < -0.3 is 9.80 Å². The molecule has 0 N–H and O–H groups in total. The van der Waals surface area contributed by atoms with Crippen LogP contribution in [0.5, 0.6) is 0 Å². The van der Waals surface area contributed by atoms with Crippen LogP contribution < -0.4 is 9.80 Å². The van der Waals surface area contributed by atoms with E-state index in [4.69, 9.17) is 0 Å². The fourth-order valence-corrected chi connectivity index (χ4v) is 12.6. The Morgan fingerprint density at radius 1 is 0.271 bits per heavy atom. The summed E-state index contributed by atoms with van der Waals surface area (Å²) in [6, 6.07) is 104. The summed E-state index contributed by atoms with van der Waals surface area (Å²) in [5.41, 5.74) is 23.2. The van der Waals surface area contributed by atoms with Crippen molar-refractivity contribution in [3.63, 3.8) is 0 Å². The van der Waals surface area contributed by atoms with E-state index >= 15 is 0 Å². The van der Waals surface area contributed by atoms with E-state index in [9.17, 15) is 0 Å². The number of anilines is 6. The standard InChI is InChI=1S/C68H46N2/c1-5-23-47(24-6-1)53-31-15-20-38-64(53)69(51-41-43-56-54-32-13-16-34-58(54)67(62(56)45-51,48-25-7-2-8-26-48)49-27-9-3-10-28-49)52-42-44-57-55-33-14-17-35-59(55)68(63(57)46-52)60-36-18-21-39-65(60)70(50-29-11-4-12-30-50)66-40-22-19-37-61(66)68/h1-46H. The van der Waals surface area contributed by atoms with Crippen molar-refractivity contribution in [2.75, 3.05) is 9.80 Å². The first-order valence-electron chi connectivity index (χ1n) is 24.3. The van der Waals surface area contributed by atoms with Gasteiger partial charge in [0.2, 0.25) is 0 Å². The topological polar surface area (TPSA) is 6.48 Å². The molecule has 3 aliphatic rings. The Morgan fingerprint density at radius 3 is 1.20 bits per heavy atom. The molecule has 70 heavy (non-hydrogen) atoms. The Kier molecular flexibility index (Phi) is 9.06. The quantitative estimate of drug-likeness (QED) is 0.157. The van der Waals surface area contributed by atoms with Crippen LogP contribution in [0.2, 0.25) is 0 Å². The highest BCUT2D eigenvalue weighted by Crippen LogP contribution is 2.64. The summed E-state index contributed by atoms with van der Waals surface area (Å²) >= 11 is 0. The second-order valence-electron chi connectivity index (χ2n) is 18.7. The van der Waals surface area contributed by atoms with Crippen molar-refractivity contribution in [1.82, 2.24) is 0 Å². The highest BCUT2D eigenvalue weighted by atomic mass is 15.2. The zero-order valence-corrected chi connectivity index (χ0v) is 38.5. The van der Waals surface area contributed by atoms with E-state index < -0.39 is 10.8 Å². The van der Waals surface area contributed by atoms with Gasteiger partial charge in [0.15, 0.2) is 0 Å². The number of fused-ring (bicyclic) bond motifs is 12. The van der Waals surface area contributed by atoms with Gasteiger partial charge >= 0.3 is 0 Å². The van der Waals surface area contributed by atoms with Gasteiger partial charge in [-0.3, -0.25) is 0 Å². The number of para-hydroxylation sites is 4. The molecule has 0 unspecified atom stereocenters. The van der Waals surface area contributed by atoms with Crippen molar-refractivity contribution in [1.29, 1.82) is 0 Å². The van der Waals surface area contributed by atoms with Crippen molar-refractivity contribution in [3.8, 4) is 33.4 Å². The van der Waals surface area contributed by atoms with Crippen molar-refractivity contribution in [2.45, 2.75) is 10.8 Å². The minimum Gasteiger partial charge on any atom is -0.310 e. The van der Waals surface area contributed by atoms with Crippen LogP contribution in [0.3, 0.4) is 0 Å². The van der Waals surface area contributed by atoms with Crippen molar-refractivity contribution >= 4 is 34.1 Å². The van der Waals surface area contributed by atoms with Crippen LogP contribution in [-0.4, -0.2) is 0 Å². The van der Waals surface area contributed by atoms with Crippen LogP contribution in [0.15, 0.2) is 279 Å². The van der Waals surface area contributed by atoms with Gasteiger partial charge in [0.25, 0.3) is 0 Å². The van der Waals surface area contributed by atoms with Gasteiger partial charge in [-0.15, -0.1) is 0 Å². The Balaban J connectivity index is 1.06. The number of rotatable bonds is 7. The Morgan fingerprint density at radius 2 is 0.657 bits per heavy atom. The van der Waals surface area contributed by atoms with Crippen molar-refractivity contribution in [2.24, 2.45) is 0 Å². The third kappa shape index (κ3) is 5.62. The fraction of sp³-hybridized carbons (Fsp3) is 0.0294. The molecule has 0 saturated heterocycles. The van der Waals surface area contributed by atoms with Gasteiger partial charge in [0.05, 0.1) is 27.9 Å². The van der Waals surface area contributed by atoms with Gasteiger partial charge in [-0.2, -0.15) is 0 Å². The normalized spacial score (nSPS) is 13.9. The lowest BCUT2D eigenvalue weighted by molar-refractivity contribution is 0.752. The number of hydrogen-bond donors (Lipinski definition) is 0. The molecule has 328 valence electrons. The van der Waals surface area contributed by atoms with Crippen molar-refractivity contribution < 1.29 is 0 Å². The maximum absolute atomic E-state index is 2.53. The molecule has 11 aromatic rings. The molecule has 14 rings (SSSR count). The number of hydrogen-bond acceptors (Lipinski definition) is 2. The first kappa shape index (κ1) is 40.1. The summed E-state index contributed by atoms with van der Waals surface area (Å²) in [5.74, 6) is 0. The van der Waals surface area contributed by atoms with E-state index in [0.29, 0.717) is 0 Å². The predicted molar refractivity (Wildman–Crippen MR) is 289 cm³/mol. The van der Waals surface area contributed by atoms with Crippen LogP contribution in [0, 0.1) is 0 Å². The average Bonchev–Trinajstić information content (AvgIpc) is 3.90. The van der Waals surface area contributed by atoms with E-state index in [-0.39, 0.29) is 0 Å². The number of nitrogens with zero attached hydrogens (tertiary/aromatic N) is 2. The summed E-state index contributed by atoms with van der Waals surface area (Å²) < 4.78 is 0. The maximum atomic E-state index is 2.53. The highest BCUT2D eigenvalue weighted by molar-refractivity contribution is 5.98. The molecule has 0 fully saturated rings. The third-order valence-electron chi connectivity index (χ3n) is 15.3. The molecular formula is C68H46N2. The van der Waals surface area contributed by atoms with Crippen LogP contribution in [0.4, 0.5) is 34.1 Å². The molecule has 0 saturated carbocycles. The lowest BCUT2D eigenvalue weighted by Crippen LogP contribution is -2.36. The molecule has 2 nitrogen and oxygen atoms in total. The molecule has 11 aromatic carbocycles. The second kappa shape index (κ2) is 15.8. The second-order valence-corrected chi connectivity index (χ2v) is 18.7. The molecule has 1 aliphatic heterocycles. The maximum Gasteiger partial charge on any atom is 0.0755 e. The molecule has 0 aromatic heterocycles. The van der Waals surface area contributed by atoms with E-state index in [2.05, 4.69) is 289 Å². The summed E-state index contributed by atoms with van der Waals surface area (Å²) in [5, 5.41) is 0. The minimum atomic E-state index is -0.611. The summed E-state index contributed by atoms with van der Waals surface area (Å²) in [7, 11) is 0. The largest absolute Gasteiger partial charge is 0.310 e. The molecule has 2 heteroatoms. The lowest BCUT2D eigenvalue weighted by atomic mass is 9.64. The molecule has 2 aliphatic carbocycles. The molecule has 0 amide bonds. The predicted octanol–water partition coefficient (Wildman–Crippen LogP) is 17.3. The highest BCUT2D eigenvalue weighted by Gasteiger charge is 2.52. The molecule has 1 heterocycles. The smallest absolute Gasteiger partial charge is 0.0755 e. The molecule has 0 bridgehead atoms. The van der Waals surface area contributed by atoms with Gasteiger partial charge in [-0.1, -0.05) is 224 Å². The molecule has 0 radical (unpaired) electrons. The van der Waals surface area contributed by atoms with Gasteiger partial charge in [-0.05, 0) is 127 Å². The van der Waals surface area contributed by atoms with Crippen LogP contribution in [0.25, 0.3) is 33.4 Å².